The Balaban J connectivity index is 1.73. The quantitative estimate of drug-likeness (QED) is 0.646. The topological polar surface area (TPSA) is 107 Å². The summed E-state index contributed by atoms with van der Waals surface area (Å²) in [5.41, 5.74) is 0.181. The minimum atomic E-state index is -3.65. The van der Waals surface area contributed by atoms with Crippen molar-refractivity contribution in [3.05, 3.63) is 35.7 Å². The SMILES string of the molecule is CCCn1nnnc1COC(=O)c1cccc(S(=O)(=O)N2CCCC[C@@H]2C)c1. The molecule has 0 amide bonds. The molecule has 0 bridgehead atoms. The highest BCUT2D eigenvalue weighted by Crippen LogP contribution is 2.25. The Morgan fingerprint density at radius 3 is 2.89 bits per heavy atom. The third kappa shape index (κ3) is 4.39. The number of aryl methyl sites for hydroxylation is 1. The molecule has 1 aromatic carbocycles. The molecular weight excluding hydrogens is 382 g/mol. The molecule has 0 aliphatic carbocycles. The van der Waals surface area contributed by atoms with Crippen LogP contribution in [0.4, 0.5) is 0 Å². The van der Waals surface area contributed by atoms with Gasteiger partial charge in [-0.25, -0.2) is 17.9 Å². The first-order valence-corrected chi connectivity index (χ1v) is 10.9. The predicted octanol–water partition coefficient (Wildman–Crippen LogP) is 2.00. The number of hydrogen-bond donors (Lipinski definition) is 0. The van der Waals surface area contributed by atoms with Gasteiger partial charge in [0, 0.05) is 19.1 Å². The van der Waals surface area contributed by atoms with Crippen molar-refractivity contribution in [1.29, 1.82) is 0 Å². The summed E-state index contributed by atoms with van der Waals surface area (Å²) in [6, 6.07) is 5.92. The summed E-state index contributed by atoms with van der Waals surface area (Å²) in [6.45, 7) is 4.95. The lowest BCUT2D eigenvalue weighted by Crippen LogP contribution is -2.41. The molecule has 1 aromatic heterocycles. The molecule has 0 saturated carbocycles. The number of nitrogens with zero attached hydrogens (tertiary/aromatic N) is 5. The molecule has 2 heterocycles. The van der Waals surface area contributed by atoms with E-state index in [1.807, 2.05) is 13.8 Å². The van der Waals surface area contributed by atoms with Crippen molar-refractivity contribution in [3.8, 4) is 0 Å². The van der Waals surface area contributed by atoms with Gasteiger partial charge in [0.1, 0.15) is 0 Å². The highest BCUT2D eigenvalue weighted by molar-refractivity contribution is 7.89. The molecule has 1 atom stereocenters. The average molecular weight is 407 g/mol. The Hall–Kier alpha value is -2.33. The minimum Gasteiger partial charge on any atom is -0.454 e. The van der Waals surface area contributed by atoms with Gasteiger partial charge in [0.05, 0.1) is 10.5 Å². The van der Waals surface area contributed by atoms with Crippen LogP contribution < -0.4 is 0 Å². The fourth-order valence-electron chi connectivity index (χ4n) is 3.27. The average Bonchev–Trinajstić information content (AvgIpc) is 3.14. The predicted molar refractivity (Wildman–Crippen MR) is 101 cm³/mol. The number of benzene rings is 1. The maximum Gasteiger partial charge on any atom is 0.338 e. The molecule has 1 aliphatic rings. The molecular formula is C18H25N5O4S. The third-order valence-corrected chi connectivity index (χ3v) is 6.80. The van der Waals surface area contributed by atoms with Crippen LogP contribution in [0, 0.1) is 0 Å². The zero-order chi connectivity index (χ0) is 20.1. The van der Waals surface area contributed by atoms with E-state index < -0.39 is 16.0 Å². The van der Waals surface area contributed by atoms with E-state index in [0.717, 1.165) is 25.7 Å². The zero-order valence-electron chi connectivity index (χ0n) is 16.1. The van der Waals surface area contributed by atoms with Crippen LogP contribution in [0.3, 0.4) is 0 Å². The second-order valence-corrected chi connectivity index (χ2v) is 8.77. The first kappa shape index (κ1) is 20.4. The van der Waals surface area contributed by atoms with Crippen LogP contribution in [-0.2, 0) is 27.9 Å². The van der Waals surface area contributed by atoms with Gasteiger partial charge in [-0.2, -0.15) is 4.31 Å². The standard InChI is InChI=1S/C18H25N5O4S/c1-3-10-22-17(19-20-21-22)13-27-18(24)15-8-6-9-16(12-15)28(25,26)23-11-5-4-7-14(23)2/h6,8-9,12,14H,3-5,7,10-11,13H2,1-2H3/t14-/m0/s1. The number of tetrazole rings is 1. The van der Waals surface area contributed by atoms with Crippen molar-refractivity contribution < 1.29 is 17.9 Å². The number of piperidine rings is 1. The molecule has 1 aliphatic heterocycles. The van der Waals surface area contributed by atoms with Crippen LogP contribution in [-0.4, -0.2) is 51.5 Å². The molecule has 0 unspecified atom stereocenters. The summed E-state index contributed by atoms with van der Waals surface area (Å²) < 4.78 is 34.3. The number of hydrogen-bond acceptors (Lipinski definition) is 7. The number of rotatable bonds is 7. The minimum absolute atomic E-state index is 0.0493. The number of sulfonamides is 1. The molecule has 1 saturated heterocycles. The van der Waals surface area contributed by atoms with E-state index in [1.165, 1.54) is 22.5 Å². The summed E-state index contributed by atoms with van der Waals surface area (Å²) in [5.74, 6) is -0.170. The fourth-order valence-corrected chi connectivity index (χ4v) is 5.02. The molecule has 3 rings (SSSR count). The third-order valence-electron chi connectivity index (χ3n) is 4.79. The van der Waals surface area contributed by atoms with Gasteiger partial charge in [-0.15, -0.1) is 5.10 Å². The summed E-state index contributed by atoms with van der Waals surface area (Å²) in [5, 5.41) is 11.3. The van der Waals surface area contributed by atoms with E-state index in [0.29, 0.717) is 18.9 Å². The Kier molecular flexibility index (Phi) is 6.40. The Bertz CT molecular complexity index is 928. The first-order chi connectivity index (χ1) is 13.4. The van der Waals surface area contributed by atoms with E-state index >= 15 is 0 Å². The van der Waals surface area contributed by atoms with Gasteiger partial charge in [0.15, 0.2) is 12.4 Å². The van der Waals surface area contributed by atoms with Gasteiger partial charge in [-0.3, -0.25) is 0 Å². The highest BCUT2D eigenvalue weighted by Gasteiger charge is 2.31. The van der Waals surface area contributed by atoms with E-state index in [1.54, 1.807) is 10.7 Å². The van der Waals surface area contributed by atoms with Crippen LogP contribution in [0.2, 0.25) is 0 Å². The second kappa shape index (κ2) is 8.78. The first-order valence-electron chi connectivity index (χ1n) is 9.47. The summed E-state index contributed by atoms with van der Waals surface area (Å²) in [7, 11) is -3.65. The van der Waals surface area contributed by atoms with Crippen LogP contribution in [0.25, 0.3) is 0 Å². The lowest BCUT2D eigenvalue weighted by Gasteiger charge is -2.32. The van der Waals surface area contributed by atoms with Gasteiger partial charge in [0.2, 0.25) is 10.0 Å². The van der Waals surface area contributed by atoms with Crippen molar-refractivity contribution in [3.63, 3.8) is 0 Å². The van der Waals surface area contributed by atoms with Gasteiger partial charge in [-0.05, 0) is 54.8 Å². The van der Waals surface area contributed by atoms with Crippen molar-refractivity contribution in [2.75, 3.05) is 6.54 Å². The van der Waals surface area contributed by atoms with Gasteiger partial charge >= 0.3 is 5.97 Å². The molecule has 0 radical (unpaired) electrons. The van der Waals surface area contributed by atoms with E-state index in [2.05, 4.69) is 15.5 Å². The fraction of sp³-hybridized carbons (Fsp3) is 0.556. The molecule has 2 aromatic rings. The number of aromatic nitrogens is 4. The number of carbonyl (C=O) groups is 1. The van der Waals surface area contributed by atoms with Crippen LogP contribution in [0.1, 0.15) is 55.7 Å². The van der Waals surface area contributed by atoms with E-state index in [-0.39, 0.29) is 23.1 Å². The molecule has 152 valence electrons. The zero-order valence-corrected chi connectivity index (χ0v) is 16.9. The van der Waals surface area contributed by atoms with Crippen molar-refractivity contribution in [2.45, 2.75) is 63.6 Å². The lowest BCUT2D eigenvalue weighted by atomic mass is 10.1. The van der Waals surface area contributed by atoms with Gasteiger partial charge < -0.3 is 4.74 Å². The van der Waals surface area contributed by atoms with E-state index in [4.69, 9.17) is 4.74 Å². The maximum atomic E-state index is 13.0. The van der Waals surface area contributed by atoms with Crippen molar-refractivity contribution >= 4 is 16.0 Å². The summed E-state index contributed by atoms with van der Waals surface area (Å²) in [4.78, 5) is 12.5. The molecule has 28 heavy (non-hydrogen) atoms. The van der Waals surface area contributed by atoms with Gasteiger partial charge in [-0.1, -0.05) is 19.4 Å². The lowest BCUT2D eigenvalue weighted by molar-refractivity contribution is 0.0456. The van der Waals surface area contributed by atoms with Crippen molar-refractivity contribution in [1.82, 2.24) is 24.5 Å². The van der Waals surface area contributed by atoms with Crippen LogP contribution >= 0.6 is 0 Å². The highest BCUT2D eigenvalue weighted by atomic mass is 32.2. The van der Waals surface area contributed by atoms with E-state index in [9.17, 15) is 13.2 Å². The molecule has 10 heteroatoms. The van der Waals surface area contributed by atoms with Crippen molar-refractivity contribution in [2.24, 2.45) is 0 Å². The summed E-state index contributed by atoms with van der Waals surface area (Å²) >= 11 is 0. The monoisotopic (exact) mass is 407 g/mol. The molecule has 1 fully saturated rings. The maximum absolute atomic E-state index is 13.0. The van der Waals surface area contributed by atoms with Crippen LogP contribution in [0.15, 0.2) is 29.2 Å². The largest absolute Gasteiger partial charge is 0.454 e. The summed E-state index contributed by atoms with van der Waals surface area (Å²) in [6.07, 6.45) is 3.56. The molecule has 9 nitrogen and oxygen atoms in total. The van der Waals surface area contributed by atoms with Crippen LogP contribution in [0.5, 0.6) is 0 Å². The number of ether oxygens (including phenoxy) is 1. The second-order valence-electron chi connectivity index (χ2n) is 6.88. The smallest absolute Gasteiger partial charge is 0.338 e. The molecule has 0 N–H and O–H groups in total. The number of carbonyl (C=O) groups excluding carboxylic acids is 1. The Morgan fingerprint density at radius 2 is 2.14 bits per heavy atom. The Labute approximate surface area is 164 Å². The molecule has 0 spiro atoms. The number of esters is 1. The Morgan fingerprint density at radius 1 is 1.32 bits per heavy atom. The van der Waals surface area contributed by atoms with Gasteiger partial charge in [0.25, 0.3) is 0 Å². The normalized spacial score (nSPS) is 18.1.